The van der Waals surface area contributed by atoms with Gasteiger partial charge in [0, 0.05) is 26.0 Å². The highest BCUT2D eigenvalue weighted by Crippen LogP contribution is 2.33. The first-order valence-corrected chi connectivity index (χ1v) is 9.98. The Hall–Kier alpha value is -1.83. The number of rotatable bonds is 5. The Bertz CT molecular complexity index is 894. The smallest absolute Gasteiger partial charge is 0.227 e. The van der Waals surface area contributed by atoms with E-state index in [0.717, 1.165) is 32.0 Å². The molecule has 0 fully saturated rings. The molecule has 0 amide bonds. The SMILES string of the molecule is CSc1nc(C)c(-c2ccnc(Nc3ccc(N(C)C)c(Cl)c3)n2)s1. The monoisotopic (exact) mass is 391 g/mol. The molecule has 2 aromatic heterocycles. The van der Waals surface area contributed by atoms with Crippen LogP contribution in [0.4, 0.5) is 17.3 Å². The topological polar surface area (TPSA) is 53.9 Å². The minimum absolute atomic E-state index is 0.532. The summed E-state index contributed by atoms with van der Waals surface area (Å²) in [6, 6.07) is 7.70. The highest BCUT2D eigenvalue weighted by Gasteiger charge is 2.12. The number of aryl methyl sites for hydroxylation is 1. The molecule has 0 aliphatic heterocycles. The van der Waals surface area contributed by atoms with Gasteiger partial charge in [0.15, 0.2) is 4.34 Å². The van der Waals surface area contributed by atoms with Gasteiger partial charge < -0.3 is 10.2 Å². The number of hydrogen-bond acceptors (Lipinski definition) is 7. The summed E-state index contributed by atoms with van der Waals surface area (Å²) in [6.07, 6.45) is 3.77. The Morgan fingerprint density at radius 3 is 2.64 bits per heavy atom. The van der Waals surface area contributed by atoms with Gasteiger partial charge in [0.2, 0.25) is 5.95 Å². The number of hydrogen-bond donors (Lipinski definition) is 1. The normalized spacial score (nSPS) is 10.8. The molecule has 0 saturated heterocycles. The fourth-order valence-electron chi connectivity index (χ4n) is 2.32. The molecule has 2 heterocycles. The first-order chi connectivity index (χ1) is 12.0. The minimum Gasteiger partial charge on any atom is -0.376 e. The summed E-state index contributed by atoms with van der Waals surface area (Å²) < 4.78 is 1.03. The zero-order valence-electron chi connectivity index (χ0n) is 14.4. The molecule has 0 unspecified atom stereocenters. The number of nitrogens with zero attached hydrogens (tertiary/aromatic N) is 4. The van der Waals surface area contributed by atoms with E-state index in [9.17, 15) is 0 Å². The summed E-state index contributed by atoms with van der Waals surface area (Å²) >= 11 is 9.61. The van der Waals surface area contributed by atoms with E-state index in [2.05, 4.69) is 20.3 Å². The Balaban J connectivity index is 1.87. The maximum atomic E-state index is 6.33. The third-order valence-corrected chi connectivity index (χ3v) is 5.99. The zero-order valence-corrected chi connectivity index (χ0v) is 16.8. The van der Waals surface area contributed by atoms with Crippen LogP contribution < -0.4 is 10.2 Å². The van der Waals surface area contributed by atoms with E-state index in [4.69, 9.17) is 11.6 Å². The van der Waals surface area contributed by atoms with Crippen molar-refractivity contribution in [3.05, 3.63) is 41.2 Å². The standard InChI is InChI=1S/C17H18ClN5S2/c1-10-15(25-17(20-10)24-4)13-7-8-19-16(22-13)21-11-5-6-14(23(2)3)12(18)9-11/h5-9H,1-4H3,(H,19,21,22). The lowest BCUT2D eigenvalue weighted by Gasteiger charge is -2.15. The van der Waals surface area contributed by atoms with Crippen molar-refractivity contribution in [3.8, 4) is 10.6 Å². The van der Waals surface area contributed by atoms with Crippen LogP contribution >= 0.6 is 34.7 Å². The van der Waals surface area contributed by atoms with Gasteiger partial charge in [0.05, 0.1) is 27.0 Å². The number of benzene rings is 1. The predicted octanol–water partition coefficient (Wildman–Crippen LogP) is 5.09. The molecular formula is C17H18ClN5S2. The number of nitrogens with one attached hydrogen (secondary N) is 1. The third kappa shape index (κ3) is 4.05. The lowest BCUT2D eigenvalue weighted by molar-refractivity contribution is 1.13. The summed E-state index contributed by atoms with van der Waals surface area (Å²) in [6.45, 7) is 2.00. The van der Waals surface area contributed by atoms with Gasteiger partial charge in [-0.25, -0.2) is 15.0 Å². The van der Waals surface area contributed by atoms with Crippen molar-refractivity contribution < 1.29 is 0 Å². The summed E-state index contributed by atoms with van der Waals surface area (Å²) in [5.74, 6) is 0.532. The molecule has 3 aromatic rings. The van der Waals surface area contributed by atoms with Gasteiger partial charge in [-0.3, -0.25) is 0 Å². The van der Waals surface area contributed by atoms with E-state index >= 15 is 0 Å². The van der Waals surface area contributed by atoms with E-state index in [1.165, 1.54) is 0 Å². The molecule has 8 heteroatoms. The number of thioether (sulfide) groups is 1. The van der Waals surface area contributed by atoms with E-state index in [0.29, 0.717) is 11.0 Å². The largest absolute Gasteiger partial charge is 0.376 e. The maximum absolute atomic E-state index is 6.33. The first kappa shape index (κ1) is 18.0. The Morgan fingerprint density at radius 2 is 2.00 bits per heavy atom. The molecule has 25 heavy (non-hydrogen) atoms. The number of thiazole rings is 1. The van der Waals surface area contributed by atoms with Crippen molar-refractivity contribution in [1.29, 1.82) is 0 Å². The van der Waals surface area contributed by atoms with Gasteiger partial charge in [-0.2, -0.15) is 0 Å². The number of aromatic nitrogens is 3. The molecule has 0 atom stereocenters. The van der Waals surface area contributed by atoms with Gasteiger partial charge in [0.25, 0.3) is 0 Å². The molecule has 0 spiro atoms. The van der Waals surface area contributed by atoms with Gasteiger partial charge >= 0.3 is 0 Å². The molecule has 5 nitrogen and oxygen atoms in total. The second kappa shape index (κ2) is 7.59. The lowest BCUT2D eigenvalue weighted by atomic mass is 10.2. The van der Waals surface area contributed by atoms with E-state index in [-0.39, 0.29) is 0 Å². The summed E-state index contributed by atoms with van der Waals surface area (Å²) in [5, 5.41) is 3.89. The molecular weight excluding hydrogens is 374 g/mol. The summed E-state index contributed by atoms with van der Waals surface area (Å²) in [5.41, 5.74) is 3.66. The van der Waals surface area contributed by atoms with Crippen molar-refractivity contribution >= 4 is 52.0 Å². The molecule has 1 N–H and O–H groups in total. The van der Waals surface area contributed by atoms with Crippen LogP contribution in [0.3, 0.4) is 0 Å². The second-order valence-electron chi connectivity index (χ2n) is 5.55. The Labute approximate surface area is 160 Å². The highest BCUT2D eigenvalue weighted by molar-refractivity contribution is 8.00. The Kier molecular flexibility index (Phi) is 5.46. The van der Waals surface area contributed by atoms with E-state index < -0.39 is 0 Å². The fraction of sp³-hybridized carbons (Fsp3) is 0.235. The molecule has 130 valence electrons. The molecule has 3 rings (SSSR count). The van der Waals surface area contributed by atoms with Crippen LogP contribution in [0.2, 0.25) is 5.02 Å². The zero-order chi connectivity index (χ0) is 18.0. The quantitative estimate of drug-likeness (QED) is 0.611. The molecule has 0 aliphatic rings. The maximum Gasteiger partial charge on any atom is 0.227 e. The number of anilines is 3. The fourth-order valence-corrected chi connectivity index (χ4v) is 4.25. The lowest BCUT2D eigenvalue weighted by Crippen LogP contribution is -2.09. The number of halogens is 1. The average Bonchev–Trinajstić information content (AvgIpc) is 2.96. The van der Waals surface area contributed by atoms with Gasteiger partial charge in [-0.05, 0) is 37.4 Å². The second-order valence-corrected chi connectivity index (χ2v) is 8.01. The predicted molar refractivity (Wildman–Crippen MR) is 109 cm³/mol. The van der Waals surface area contributed by atoms with Gasteiger partial charge in [-0.1, -0.05) is 23.4 Å². The highest BCUT2D eigenvalue weighted by atomic mass is 35.5. The van der Waals surface area contributed by atoms with Crippen molar-refractivity contribution in [2.75, 3.05) is 30.6 Å². The van der Waals surface area contributed by atoms with Crippen molar-refractivity contribution in [3.63, 3.8) is 0 Å². The molecule has 1 aromatic carbocycles. The van der Waals surface area contributed by atoms with Gasteiger partial charge in [-0.15, -0.1) is 11.3 Å². The minimum atomic E-state index is 0.532. The van der Waals surface area contributed by atoms with E-state index in [1.807, 2.05) is 56.4 Å². The van der Waals surface area contributed by atoms with Crippen molar-refractivity contribution in [1.82, 2.24) is 15.0 Å². The molecule has 0 radical (unpaired) electrons. The van der Waals surface area contributed by atoms with Crippen LogP contribution in [-0.4, -0.2) is 35.3 Å². The summed E-state index contributed by atoms with van der Waals surface area (Å²) in [4.78, 5) is 16.5. The molecule has 0 saturated carbocycles. The Morgan fingerprint density at radius 1 is 1.20 bits per heavy atom. The van der Waals surface area contributed by atoms with Crippen LogP contribution in [0, 0.1) is 6.92 Å². The van der Waals surface area contributed by atoms with Crippen LogP contribution in [0.5, 0.6) is 0 Å². The van der Waals surface area contributed by atoms with Crippen LogP contribution in [0.25, 0.3) is 10.6 Å². The van der Waals surface area contributed by atoms with Crippen molar-refractivity contribution in [2.24, 2.45) is 0 Å². The van der Waals surface area contributed by atoms with Crippen LogP contribution in [0.15, 0.2) is 34.8 Å². The molecule has 0 bridgehead atoms. The van der Waals surface area contributed by atoms with Crippen LogP contribution in [0.1, 0.15) is 5.69 Å². The average molecular weight is 392 g/mol. The first-order valence-electron chi connectivity index (χ1n) is 7.56. The summed E-state index contributed by atoms with van der Waals surface area (Å²) in [7, 11) is 3.92. The van der Waals surface area contributed by atoms with E-state index in [1.54, 1.807) is 29.3 Å². The van der Waals surface area contributed by atoms with Gasteiger partial charge in [0.1, 0.15) is 0 Å². The molecule has 0 aliphatic carbocycles. The van der Waals surface area contributed by atoms with Crippen molar-refractivity contribution in [2.45, 2.75) is 11.3 Å². The van der Waals surface area contributed by atoms with Crippen LogP contribution in [-0.2, 0) is 0 Å². The third-order valence-electron chi connectivity index (χ3n) is 3.53.